The number of aromatic nitrogens is 2. The van der Waals surface area contributed by atoms with E-state index in [1.165, 1.54) is 0 Å². The molecule has 1 aliphatic heterocycles. The maximum absolute atomic E-state index is 5.87. The molecule has 0 aliphatic carbocycles. The van der Waals surface area contributed by atoms with Crippen LogP contribution in [0, 0.1) is 6.92 Å². The van der Waals surface area contributed by atoms with Gasteiger partial charge in [-0.05, 0) is 79.3 Å². The number of ether oxygens (including phenoxy) is 1. The van der Waals surface area contributed by atoms with E-state index in [1.54, 1.807) is 7.11 Å². The van der Waals surface area contributed by atoms with Crippen LogP contribution < -0.4 is 15.0 Å². The molecule has 4 aromatic rings. The molecule has 1 aliphatic rings. The number of halogens is 1. The van der Waals surface area contributed by atoms with Gasteiger partial charge in [0.05, 0.1) is 18.8 Å². The Labute approximate surface area is 207 Å². The van der Waals surface area contributed by atoms with Crippen molar-refractivity contribution in [2.24, 2.45) is 0 Å². The van der Waals surface area contributed by atoms with Crippen LogP contribution in [0.25, 0.3) is 5.69 Å². The normalized spacial score (nSPS) is 17.8. The van der Waals surface area contributed by atoms with Gasteiger partial charge in [-0.2, -0.15) is 0 Å². The van der Waals surface area contributed by atoms with Gasteiger partial charge >= 0.3 is 0 Å². The monoisotopic (exact) mass is 518 g/mol. The summed E-state index contributed by atoms with van der Waals surface area (Å²) < 4.78 is 8.73. The number of hydrogen-bond acceptors (Lipinski definition) is 3. The third-order valence-electron chi connectivity index (χ3n) is 5.93. The number of thiocarbonyl (C=S) groups is 1. The Bertz CT molecular complexity index is 1310. The fourth-order valence-corrected chi connectivity index (χ4v) is 4.94. The highest BCUT2D eigenvalue weighted by molar-refractivity contribution is 9.10. The molecule has 1 N–H and O–H groups in total. The fraction of sp³-hybridized carbons (Fsp3) is 0.154. The first-order valence-corrected chi connectivity index (χ1v) is 11.9. The van der Waals surface area contributed by atoms with Crippen LogP contribution >= 0.6 is 28.1 Å². The van der Waals surface area contributed by atoms with Crippen LogP contribution in [0.4, 0.5) is 5.69 Å². The van der Waals surface area contributed by atoms with Crippen molar-refractivity contribution in [1.82, 2.24) is 14.9 Å². The zero-order chi connectivity index (χ0) is 22.9. The van der Waals surface area contributed by atoms with Crippen molar-refractivity contribution in [1.29, 1.82) is 0 Å². The molecule has 0 amide bonds. The standard InChI is InChI=1S/C26H23BrN4OS/c1-17-15-19(11-12-21(17)27)31-25(24(29-26(31)33)22-9-3-4-13-28-22)23-10-6-14-30(23)18-7-5-8-20(16-18)32-2/h3-16,24-25H,1-2H3,(H,29,33)/t24-,25-/m0/s1. The smallest absolute Gasteiger partial charge is 0.174 e. The molecule has 0 spiro atoms. The van der Waals surface area contributed by atoms with E-state index in [4.69, 9.17) is 17.0 Å². The summed E-state index contributed by atoms with van der Waals surface area (Å²) in [5, 5.41) is 4.21. The minimum absolute atomic E-state index is 0.103. The van der Waals surface area contributed by atoms with E-state index in [1.807, 2.05) is 42.6 Å². The molecule has 5 rings (SSSR count). The van der Waals surface area contributed by atoms with Crippen LogP contribution in [-0.4, -0.2) is 21.8 Å². The Morgan fingerprint density at radius 2 is 1.88 bits per heavy atom. The zero-order valence-corrected chi connectivity index (χ0v) is 20.7. The number of anilines is 1. The zero-order valence-electron chi connectivity index (χ0n) is 18.3. The molecule has 7 heteroatoms. The number of hydrogen-bond donors (Lipinski definition) is 1. The highest BCUT2D eigenvalue weighted by atomic mass is 79.9. The van der Waals surface area contributed by atoms with E-state index in [2.05, 4.69) is 85.2 Å². The third-order valence-corrected chi connectivity index (χ3v) is 7.14. The molecule has 3 heterocycles. The summed E-state index contributed by atoms with van der Waals surface area (Å²) in [6.07, 6.45) is 3.90. The van der Waals surface area contributed by atoms with Gasteiger partial charge in [0.1, 0.15) is 11.8 Å². The van der Waals surface area contributed by atoms with Gasteiger partial charge in [0.2, 0.25) is 0 Å². The number of nitrogens with zero attached hydrogens (tertiary/aromatic N) is 3. The van der Waals surface area contributed by atoms with E-state index in [0.29, 0.717) is 5.11 Å². The molecule has 0 unspecified atom stereocenters. The summed E-state index contributed by atoms with van der Waals surface area (Å²) in [6, 6.07) is 24.4. The minimum atomic E-state index is -0.109. The van der Waals surface area contributed by atoms with Crippen molar-refractivity contribution in [3.05, 3.63) is 107 Å². The van der Waals surface area contributed by atoms with Gasteiger partial charge in [0.25, 0.3) is 0 Å². The number of nitrogens with one attached hydrogen (secondary N) is 1. The van der Waals surface area contributed by atoms with Gasteiger partial charge in [0, 0.05) is 40.0 Å². The van der Waals surface area contributed by atoms with E-state index >= 15 is 0 Å². The Morgan fingerprint density at radius 1 is 1.00 bits per heavy atom. The molecule has 1 saturated heterocycles. The molecule has 1 fully saturated rings. The lowest BCUT2D eigenvalue weighted by atomic mass is 10.0. The Hall–Kier alpha value is -3.16. The average molecular weight is 519 g/mol. The van der Waals surface area contributed by atoms with Gasteiger partial charge in [-0.15, -0.1) is 0 Å². The van der Waals surface area contributed by atoms with Crippen LogP contribution in [0.1, 0.15) is 29.0 Å². The molecule has 2 aromatic carbocycles. The Balaban J connectivity index is 1.67. The lowest BCUT2D eigenvalue weighted by Crippen LogP contribution is -2.30. The molecule has 166 valence electrons. The van der Waals surface area contributed by atoms with Gasteiger partial charge in [0.15, 0.2) is 5.11 Å². The molecular weight excluding hydrogens is 496 g/mol. The molecule has 2 aromatic heterocycles. The summed E-state index contributed by atoms with van der Waals surface area (Å²) in [5.74, 6) is 0.814. The predicted octanol–water partition coefficient (Wildman–Crippen LogP) is 6.13. The maximum Gasteiger partial charge on any atom is 0.174 e. The number of rotatable bonds is 5. The highest BCUT2D eigenvalue weighted by Crippen LogP contribution is 2.43. The first kappa shape index (κ1) is 21.7. The topological polar surface area (TPSA) is 42.3 Å². The molecule has 2 atom stereocenters. The maximum atomic E-state index is 5.87. The van der Waals surface area contributed by atoms with E-state index in [9.17, 15) is 0 Å². The second-order valence-corrected chi connectivity index (χ2v) is 9.18. The second-order valence-electron chi connectivity index (χ2n) is 7.93. The van der Waals surface area contributed by atoms with Crippen molar-refractivity contribution in [2.75, 3.05) is 12.0 Å². The lowest BCUT2D eigenvalue weighted by Gasteiger charge is -2.29. The van der Waals surface area contributed by atoms with Gasteiger partial charge < -0.3 is 19.5 Å². The number of benzene rings is 2. The Kier molecular flexibility index (Phi) is 5.91. The van der Waals surface area contributed by atoms with E-state index < -0.39 is 0 Å². The second kappa shape index (κ2) is 9.00. The number of methoxy groups -OCH3 is 1. The molecule has 0 saturated carbocycles. The van der Waals surface area contributed by atoms with Crippen molar-refractivity contribution < 1.29 is 4.74 Å². The molecule has 33 heavy (non-hydrogen) atoms. The van der Waals surface area contributed by atoms with Crippen LogP contribution in [0.2, 0.25) is 0 Å². The highest BCUT2D eigenvalue weighted by Gasteiger charge is 2.42. The van der Waals surface area contributed by atoms with Crippen LogP contribution in [0.5, 0.6) is 5.75 Å². The predicted molar refractivity (Wildman–Crippen MR) is 139 cm³/mol. The van der Waals surface area contributed by atoms with Gasteiger partial charge in [-0.25, -0.2) is 0 Å². The van der Waals surface area contributed by atoms with Crippen LogP contribution in [-0.2, 0) is 0 Å². The van der Waals surface area contributed by atoms with Crippen molar-refractivity contribution >= 4 is 38.9 Å². The van der Waals surface area contributed by atoms with Gasteiger partial charge in [-0.1, -0.05) is 28.1 Å². The third kappa shape index (κ3) is 4.03. The Morgan fingerprint density at radius 3 is 2.64 bits per heavy atom. The summed E-state index contributed by atoms with van der Waals surface area (Å²) >= 11 is 9.49. The van der Waals surface area contributed by atoms with Crippen molar-refractivity contribution in [3.63, 3.8) is 0 Å². The largest absolute Gasteiger partial charge is 0.497 e. The quantitative estimate of drug-likeness (QED) is 0.322. The van der Waals surface area contributed by atoms with Crippen molar-refractivity contribution in [3.8, 4) is 11.4 Å². The first-order chi connectivity index (χ1) is 16.1. The molecule has 0 radical (unpaired) electrons. The van der Waals surface area contributed by atoms with Crippen LogP contribution in [0.15, 0.2) is 89.7 Å². The molecule has 5 nitrogen and oxygen atoms in total. The first-order valence-electron chi connectivity index (χ1n) is 10.7. The van der Waals surface area contributed by atoms with E-state index in [-0.39, 0.29) is 12.1 Å². The summed E-state index contributed by atoms with van der Waals surface area (Å²) in [6.45, 7) is 2.09. The lowest BCUT2D eigenvalue weighted by molar-refractivity contribution is 0.414. The minimum Gasteiger partial charge on any atom is -0.497 e. The summed E-state index contributed by atoms with van der Waals surface area (Å²) in [5.41, 5.74) is 5.26. The summed E-state index contributed by atoms with van der Waals surface area (Å²) in [7, 11) is 1.68. The van der Waals surface area contributed by atoms with Crippen molar-refractivity contribution in [2.45, 2.75) is 19.0 Å². The average Bonchev–Trinajstić information content (AvgIpc) is 3.46. The molecule has 0 bridgehead atoms. The SMILES string of the molecule is COc1cccc(-n2cccc2[C@H]2[C@H](c3ccccn3)NC(=S)N2c2ccc(Br)c(C)c2)c1. The summed E-state index contributed by atoms with van der Waals surface area (Å²) in [4.78, 5) is 6.85. The van der Waals surface area contributed by atoms with Gasteiger partial charge in [-0.3, -0.25) is 4.98 Å². The number of aryl methyl sites for hydroxylation is 1. The molecular formula is C26H23BrN4OS. The van der Waals surface area contributed by atoms with E-state index in [0.717, 1.165) is 38.5 Å². The van der Waals surface area contributed by atoms with Crippen LogP contribution in [0.3, 0.4) is 0 Å². The fourth-order valence-electron chi connectivity index (χ4n) is 4.34. The number of pyridine rings is 1.